The summed E-state index contributed by atoms with van der Waals surface area (Å²) in [6.45, 7) is 1.24. The number of nitrogens with zero attached hydrogens (tertiary/aromatic N) is 3. The summed E-state index contributed by atoms with van der Waals surface area (Å²) in [7, 11) is 1.59. The first-order valence-electron chi connectivity index (χ1n) is 16.2. The van der Waals surface area contributed by atoms with Gasteiger partial charge in [0.05, 0.1) is 30.1 Å². The molecule has 1 aliphatic heterocycles. The molecule has 2 aliphatic carbocycles. The third kappa shape index (κ3) is 5.96. The summed E-state index contributed by atoms with van der Waals surface area (Å²) in [5.74, 6) is -0.0180. The monoisotopic (exact) mass is 669 g/mol. The van der Waals surface area contributed by atoms with Crippen LogP contribution in [0.25, 0.3) is 27.2 Å². The summed E-state index contributed by atoms with van der Waals surface area (Å²) in [6.07, 6.45) is 5.56. The van der Waals surface area contributed by atoms with E-state index in [0.717, 1.165) is 63.2 Å². The van der Waals surface area contributed by atoms with Crippen molar-refractivity contribution in [1.82, 2.24) is 9.88 Å². The smallest absolute Gasteiger partial charge is 0.267 e. The van der Waals surface area contributed by atoms with E-state index in [1.165, 1.54) is 0 Å². The molecule has 0 spiro atoms. The third-order valence-corrected chi connectivity index (χ3v) is 9.33. The van der Waals surface area contributed by atoms with Gasteiger partial charge in [0.15, 0.2) is 0 Å². The van der Waals surface area contributed by atoms with Gasteiger partial charge in [-0.2, -0.15) is 5.26 Å². The van der Waals surface area contributed by atoms with Crippen LogP contribution >= 0.6 is 11.6 Å². The molecule has 0 atom stereocenters. The van der Waals surface area contributed by atoms with Crippen LogP contribution < -0.4 is 25.9 Å². The van der Waals surface area contributed by atoms with E-state index in [4.69, 9.17) is 21.3 Å². The molecule has 0 saturated carbocycles. The zero-order valence-corrected chi connectivity index (χ0v) is 27.6. The van der Waals surface area contributed by atoms with Crippen molar-refractivity contribution >= 4 is 62.3 Å². The number of aromatic nitrogens is 1. The van der Waals surface area contributed by atoms with Gasteiger partial charge in [-0.15, -0.1) is 0 Å². The minimum absolute atomic E-state index is 0.109. The maximum Gasteiger partial charge on any atom is 0.267 e. The van der Waals surface area contributed by atoms with Gasteiger partial charge in [-0.25, -0.2) is 0 Å². The summed E-state index contributed by atoms with van der Waals surface area (Å²) in [6, 6.07) is 24.1. The summed E-state index contributed by atoms with van der Waals surface area (Å²) in [5, 5.41) is 22.2. The summed E-state index contributed by atoms with van der Waals surface area (Å²) in [4.78, 5) is 43.4. The number of anilines is 1. The molecule has 244 valence electrons. The SMILES string of the molecule is COc1ccc2c(c1)c(CC(=O)NCCCCCCN=c1ccc3c4c(c5cccc1c5=3)NC(=O)C=4C#N)cn2C(=O)c1ccc(Cl)cc1. The second-order valence-corrected chi connectivity index (χ2v) is 12.5. The molecular weight excluding hydrogens is 638 g/mol. The first-order valence-corrected chi connectivity index (χ1v) is 16.6. The molecule has 0 unspecified atom stereocenters. The van der Waals surface area contributed by atoms with Crippen molar-refractivity contribution in [3.05, 3.63) is 116 Å². The lowest BCUT2D eigenvalue weighted by atomic mass is 10.1. The lowest BCUT2D eigenvalue weighted by Crippen LogP contribution is -2.26. The number of rotatable bonds is 11. The number of carbonyl (C=O) groups is 3. The predicted molar refractivity (Wildman–Crippen MR) is 189 cm³/mol. The van der Waals surface area contributed by atoms with E-state index in [9.17, 15) is 19.6 Å². The van der Waals surface area contributed by atoms with E-state index in [1.54, 1.807) is 48.2 Å². The maximum absolute atomic E-state index is 13.3. The molecule has 10 heteroatoms. The largest absolute Gasteiger partial charge is 0.497 e. The number of ether oxygens (including phenoxy) is 1. The normalized spacial score (nSPS) is 12.9. The van der Waals surface area contributed by atoms with Gasteiger partial charge in [0.25, 0.3) is 11.8 Å². The van der Waals surface area contributed by atoms with Crippen LogP contribution in [0.3, 0.4) is 0 Å². The quantitative estimate of drug-likeness (QED) is 0.177. The molecule has 0 bridgehead atoms. The van der Waals surface area contributed by atoms with Crippen LogP contribution in [-0.4, -0.2) is 42.5 Å². The molecule has 3 aliphatic rings. The molecule has 1 aromatic heterocycles. The second-order valence-electron chi connectivity index (χ2n) is 12.1. The lowest BCUT2D eigenvalue weighted by molar-refractivity contribution is -0.120. The third-order valence-electron chi connectivity index (χ3n) is 9.08. The number of amides is 2. The van der Waals surface area contributed by atoms with Crippen LogP contribution in [0.4, 0.5) is 5.69 Å². The average Bonchev–Trinajstić information content (AvgIpc) is 3.75. The van der Waals surface area contributed by atoms with Crippen LogP contribution in [0.2, 0.25) is 5.02 Å². The van der Waals surface area contributed by atoms with E-state index in [0.29, 0.717) is 45.8 Å². The minimum Gasteiger partial charge on any atom is -0.497 e. The molecule has 0 radical (unpaired) electrons. The Labute approximate surface area is 286 Å². The highest BCUT2D eigenvalue weighted by molar-refractivity contribution is 6.31. The Hall–Kier alpha value is -5.72. The van der Waals surface area contributed by atoms with E-state index in [2.05, 4.69) is 16.7 Å². The van der Waals surface area contributed by atoms with Crippen molar-refractivity contribution in [2.24, 2.45) is 4.99 Å². The highest BCUT2D eigenvalue weighted by atomic mass is 35.5. The average molecular weight is 670 g/mol. The standard InChI is InChI=1S/C39H32ClN5O4/c1-49-26-13-16-33-30(20-26)24(22-45(33)39(48)23-9-11-25(40)12-10-23)19-34(46)43-18-5-3-2-4-17-42-32-15-14-28-35-27(32)7-6-8-29(35)37-36(28)31(21-41)38(47)44-37/h6-16,20,22H,2-5,17-19H2,1H3,(H,43,46)(H,44,47). The number of halogens is 1. The van der Waals surface area contributed by atoms with Crippen molar-refractivity contribution in [2.75, 3.05) is 25.5 Å². The Kier molecular flexibility index (Phi) is 8.72. The van der Waals surface area contributed by atoms with Gasteiger partial charge >= 0.3 is 0 Å². The zero-order chi connectivity index (χ0) is 34.1. The van der Waals surface area contributed by atoms with E-state index in [1.807, 2.05) is 42.5 Å². The lowest BCUT2D eigenvalue weighted by Gasteiger charge is -2.06. The van der Waals surface area contributed by atoms with Crippen molar-refractivity contribution in [3.8, 4) is 11.8 Å². The highest BCUT2D eigenvalue weighted by Gasteiger charge is 2.25. The Morgan fingerprint density at radius 1 is 0.959 bits per heavy atom. The molecule has 0 fully saturated rings. The Balaban J connectivity index is 0.942. The number of nitriles is 1. The van der Waals surface area contributed by atoms with E-state index < -0.39 is 0 Å². The number of hydrogen-bond acceptors (Lipinski definition) is 6. The van der Waals surface area contributed by atoms with Gasteiger partial charge in [0, 0.05) is 56.5 Å². The highest BCUT2D eigenvalue weighted by Crippen LogP contribution is 2.28. The predicted octanol–water partition coefficient (Wildman–Crippen LogP) is 5.47. The Morgan fingerprint density at radius 2 is 1.76 bits per heavy atom. The van der Waals surface area contributed by atoms with Crippen LogP contribution in [-0.2, 0) is 16.0 Å². The number of hydrogen-bond donors (Lipinski definition) is 2. The van der Waals surface area contributed by atoms with E-state index in [-0.39, 0.29) is 29.7 Å². The number of fused-ring (bicyclic) bond motifs is 4. The van der Waals surface area contributed by atoms with Crippen molar-refractivity contribution in [2.45, 2.75) is 32.1 Å². The summed E-state index contributed by atoms with van der Waals surface area (Å²) >= 11 is 6.01. The second kappa shape index (κ2) is 13.4. The number of nitrogens with one attached hydrogen (secondary N) is 2. The van der Waals surface area contributed by atoms with E-state index >= 15 is 0 Å². The van der Waals surface area contributed by atoms with Crippen LogP contribution in [0.5, 0.6) is 5.75 Å². The number of methoxy groups -OCH3 is 1. The molecule has 2 heterocycles. The van der Waals surface area contributed by atoms with Crippen molar-refractivity contribution in [1.29, 1.82) is 5.26 Å². The fourth-order valence-electron chi connectivity index (χ4n) is 6.70. The summed E-state index contributed by atoms with van der Waals surface area (Å²) < 4.78 is 6.98. The molecule has 9 nitrogen and oxygen atoms in total. The first kappa shape index (κ1) is 31.9. The fraction of sp³-hybridized carbons (Fsp3) is 0.205. The first-order chi connectivity index (χ1) is 23.9. The number of unbranched alkanes of at least 4 members (excludes halogenated alkanes) is 3. The summed E-state index contributed by atoms with van der Waals surface area (Å²) in [5.41, 5.74) is 2.81. The molecule has 3 aromatic carbocycles. The Morgan fingerprint density at radius 3 is 2.55 bits per heavy atom. The maximum atomic E-state index is 13.3. The molecule has 7 rings (SSSR count). The molecule has 0 saturated heterocycles. The fourth-order valence-corrected chi connectivity index (χ4v) is 6.82. The van der Waals surface area contributed by atoms with Crippen LogP contribution in [0.1, 0.15) is 41.6 Å². The van der Waals surface area contributed by atoms with Gasteiger partial charge in [-0.05, 0) is 72.2 Å². The van der Waals surface area contributed by atoms with Gasteiger partial charge in [-0.1, -0.05) is 48.7 Å². The number of benzene rings is 3. The molecule has 2 N–H and O–H groups in total. The van der Waals surface area contributed by atoms with Gasteiger partial charge in [0.1, 0.15) is 17.4 Å². The minimum atomic E-state index is -0.350. The number of carbonyl (C=O) groups excluding carboxylic acids is 3. The zero-order valence-electron chi connectivity index (χ0n) is 26.8. The Bertz CT molecular complexity index is 2500. The molecular formula is C39H32ClN5O4. The van der Waals surface area contributed by atoms with Gasteiger partial charge < -0.3 is 15.4 Å². The van der Waals surface area contributed by atoms with Crippen molar-refractivity contribution in [3.63, 3.8) is 0 Å². The molecule has 4 aromatic rings. The van der Waals surface area contributed by atoms with Gasteiger partial charge in [0.2, 0.25) is 5.91 Å². The molecule has 2 amide bonds. The van der Waals surface area contributed by atoms with Crippen LogP contribution in [0, 0.1) is 21.8 Å². The van der Waals surface area contributed by atoms with Gasteiger partial charge in [-0.3, -0.25) is 23.9 Å². The molecule has 49 heavy (non-hydrogen) atoms. The topological polar surface area (TPSA) is 126 Å². The van der Waals surface area contributed by atoms with Crippen LogP contribution in [0.15, 0.2) is 84.0 Å². The van der Waals surface area contributed by atoms with Crippen molar-refractivity contribution < 1.29 is 19.1 Å².